The lowest BCUT2D eigenvalue weighted by Gasteiger charge is -2.38. The van der Waals surface area contributed by atoms with Crippen LogP contribution in [-0.2, 0) is 0 Å². The summed E-state index contributed by atoms with van der Waals surface area (Å²) in [5.41, 5.74) is 3.58. The van der Waals surface area contributed by atoms with Gasteiger partial charge in [-0.1, -0.05) is 43.0 Å². The number of para-hydroxylation sites is 1. The Kier molecular flexibility index (Phi) is 3.75. The van der Waals surface area contributed by atoms with Gasteiger partial charge in [0.25, 0.3) is 0 Å². The number of nitrogens with zero attached hydrogens (tertiary/aromatic N) is 1. The number of rotatable bonds is 3. The van der Waals surface area contributed by atoms with E-state index in [-0.39, 0.29) is 5.54 Å². The average molecular weight is 251 g/mol. The molecule has 2 aromatic rings. The molecule has 0 heterocycles. The van der Waals surface area contributed by atoms with Crippen LogP contribution in [0.5, 0.6) is 0 Å². The molecule has 1 heteroatoms. The van der Waals surface area contributed by atoms with E-state index < -0.39 is 0 Å². The normalized spacial score (nSPS) is 11.1. The van der Waals surface area contributed by atoms with Crippen molar-refractivity contribution >= 4 is 17.5 Å². The van der Waals surface area contributed by atoms with E-state index in [1.54, 1.807) is 0 Å². The minimum atomic E-state index is 0.0249. The average Bonchev–Trinajstić information content (AvgIpc) is 2.39. The summed E-state index contributed by atoms with van der Waals surface area (Å²) in [5, 5.41) is 0. The quantitative estimate of drug-likeness (QED) is 0.718. The van der Waals surface area contributed by atoms with E-state index in [2.05, 4.69) is 80.8 Å². The lowest BCUT2D eigenvalue weighted by Crippen LogP contribution is -2.37. The van der Waals surface area contributed by atoms with Gasteiger partial charge in [0.05, 0.1) is 0 Å². The Balaban J connectivity index is 2.46. The Hall–Kier alpha value is -2.02. The number of benzene rings is 2. The van der Waals surface area contributed by atoms with Gasteiger partial charge in [0.1, 0.15) is 0 Å². The van der Waals surface area contributed by atoms with Crippen LogP contribution in [0, 0.1) is 0 Å². The van der Waals surface area contributed by atoms with Crippen LogP contribution in [0.4, 0.5) is 11.4 Å². The SMILES string of the molecule is C=Cc1ccc(N(c2ccccc2)C(C)(C)C)cc1. The molecular weight excluding hydrogens is 230 g/mol. The molecule has 0 radical (unpaired) electrons. The van der Waals surface area contributed by atoms with Crippen LogP contribution >= 0.6 is 0 Å². The third-order valence-corrected chi connectivity index (χ3v) is 3.07. The summed E-state index contributed by atoms with van der Waals surface area (Å²) < 4.78 is 0. The van der Waals surface area contributed by atoms with E-state index in [1.807, 2.05) is 12.1 Å². The summed E-state index contributed by atoms with van der Waals surface area (Å²) in [6.07, 6.45) is 1.87. The maximum Gasteiger partial charge on any atom is 0.0416 e. The van der Waals surface area contributed by atoms with Crippen LogP contribution in [0.25, 0.3) is 6.08 Å². The van der Waals surface area contributed by atoms with Crippen molar-refractivity contribution in [1.82, 2.24) is 0 Å². The molecule has 19 heavy (non-hydrogen) atoms. The molecule has 0 saturated heterocycles. The van der Waals surface area contributed by atoms with Crippen molar-refractivity contribution in [2.24, 2.45) is 0 Å². The van der Waals surface area contributed by atoms with Crippen LogP contribution < -0.4 is 4.90 Å². The van der Waals surface area contributed by atoms with Crippen LogP contribution in [0.1, 0.15) is 26.3 Å². The van der Waals surface area contributed by atoms with Gasteiger partial charge in [0.2, 0.25) is 0 Å². The van der Waals surface area contributed by atoms with Gasteiger partial charge in [-0.05, 0) is 50.6 Å². The van der Waals surface area contributed by atoms with Crippen molar-refractivity contribution in [3.05, 3.63) is 66.7 Å². The minimum Gasteiger partial charge on any atom is -0.336 e. The van der Waals surface area contributed by atoms with E-state index in [9.17, 15) is 0 Å². The predicted octanol–water partition coefficient (Wildman–Crippen LogP) is 5.27. The molecule has 0 aliphatic rings. The molecule has 2 aromatic carbocycles. The Morgan fingerprint density at radius 1 is 0.842 bits per heavy atom. The molecule has 0 bridgehead atoms. The highest BCUT2D eigenvalue weighted by atomic mass is 15.2. The first-order valence-electron chi connectivity index (χ1n) is 6.60. The fraction of sp³-hybridized carbons (Fsp3) is 0.222. The predicted molar refractivity (Wildman–Crippen MR) is 84.9 cm³/mol. The second kappa shape index (κ2) is 5.31. The van der Waals surface area contributed by atoms with Gasteiger partial charge < -0.3 is 4.90 Å². The minimum absolute atomic E-state index is 0.0249. The van der Waals surface area contributed by atoms with Gasteiger partial charge in [-0.15, -0.1) is 0 Å². The van der Waals surface area contributed by atoms with Crippen molar-refractivity contribution in [1.29, 1.82) is 0 Å². The van der Waals surface area contributed by atoms with Crippen LogP contribution in [-0.4, -0.2) is 5.54 Å². The summed E-state index contributed by atoms with van der Waals surface area (Å²) in [6, 6.07) is 19.0. The summed E-state index contributed by atoms with van der Waals surface area (Å²) in [6.45, 7) is 10.5. The van der Waals surface area contributed by atoms with Crippen molar-refractivity contribution in [3.63, 3.8) is 0 Å². The molecule has 0 fully saturated rings. The highest BCUT2D eigenvalue weighted by Gasteiger charge is 2.23. The molecule has 0 unspecified atom stereocenters. The highest BCUT2D eigenvalue weighted by Crippen LogP contribution is 2.32. The zero-order valence-corrected chi connectivity index (χ0v) is 11.9. The molecule has 0 amide bonds. The van der Waals surface area contributed by atoms with Crippen LogP contribution in [0.15, 0.2) is 61.2 Å². The van der Waals surface area contributed by atoms with Gasteiger partial charge in [0, 0.05) is 16.9 Å². The Morgan fingerprint density at radius 2 is 1.37 bits per heavy atom. The molecule has 0 aromatic heterocycles. The monoisotopic (exact) mass is 251 g/mol. The molecule has 2 rings (SSSR count). The summed E-state index contributed by atoms with van der Waals surface area (Å²) >= 11 is 0. The number of hydrogen-bond acceptors (Lipinski definition) is 1. The van der Waals surface area contributed by atoms with Gasteiger partial charge in [-0.25, -0.2) is 0 Å². The van der Waals surface area contributed by atoms with E-state index in [1.165, 1.54) is 11.4 Å². The van der Waals surface area contributed by atoms with Crippen molar-refractivity contribution in [3.8, 4) is 0 Å². The first-order valence-corrected chi connectivity index (χ1v) is 6.60. The first-order chi connectivity index (χ1) is 9.02. The van der Waals surface area contributed by atoms with Crippen molar-refractivity contribution in [2.75, 3.05) is 4.90 Å². The molecule has 0 aliphatic heterocycles. The molecular formula is C18H21N. The van der Waals surface area contributed by atoms with E-state index >= 15 is 0 Å². The second-order valence-corrected chi connectivity index (χ2v) is 5.64. The molecule has 0 saturated carbocycles. The van der Waals surface area contributed by atoms with Gasteiger partial charge in [-0.3, -0.25) is 0 Å². The molecule has 1 nitrogen and oxygen atoms in total. The molecule has 0 N–H and O–H groups in total. The summed E-state index contributed by atoms with van der Waals surface area (Å²) in [5.74, 6) is 0. The summed E-state index contributed by atoms with van der Waals surface area (Å²) in [7, 11) is 0. The standard InChI is InChI=1S/C18H21N/c1-5-15-11-13-17(14-12-15)19(18(2,3)4)16-9-7-6-8-10-16/h5-14H,1H2,2-4H3. The Labute approximate surface area is 116 Å². The largest absolute Gasteiger partial charge is 0.336 e. The smallest absolute Gasteiger partial charge is 0.0416 e. The fourth-order valence-corrected chi connectivity index (χ4v) is 2.26. The zero-order chi connectivity index (χ0) is 13.9. The molecule has 0 spiro atoms. The number of anilines is 2. The van der Waals surface area contributed by atoms with Crippen molar-refractivity contribution < 1.29 is 0 Å². The number of hydrogen-bond donors (Lipinski definition) is 0. The topological polar surface area (TPSA) is 3.24 Å². The van der Waals surface area contributed by atoms with E-state index in [0.29, 0.717) is 0 Å². The van der Waals surface area contributed by atoms with Gasteiger partial charge in [0.15, 0.2) is 0 Å². The highest BCUT2D eigenvalue weighted by molar-refractivity contribution is 5.66. The Bertz CT molecular complexity index is 532. The molecule has 0 aliphatic carbocycles. The lowest BCUT2D eigenvalue weighted by atomic mass is 10.0. The van der Waals surface area contributed by atoms with Gasteiger partial charge in [-0.2, -0.15) is 0 Å². The fourth-order valence-electron chi connectivity index (χ4n) is 2.26. The van der Waals surface area contributed by atoms with Gasteiger partial charge >= 0.3 is 0 Å². The van der Waals surface area contributed by atoms with E-state index in [0.717, 1.165) is 5.56 Å². The van der Waals surface area contributed by atoms with Crippen LogP contribution in [0.2, 0.25) is 0 Å². The van der Waals surface area contributed by atoms with Crippen LogP contribution in [0.3, 0.4) is 0 Å². The summed E-state index contributed by atoms with van der Waals surface area (Å²) in [4.78, 5) is 2.35. The Morgan fingerprint density at radius 3 is 1.84 bits per heavy atom. The third kappa shape index (κ3) is 3.05. The maximum atomic E-state index is 3.80. The second-order valence-electron chi connectivity index (χ2n) is 5.64. The zero-order valence-electron chi connectivity index (χ0n) is 11.9. The first kappa shape index (κ1) is 13.4. The maximum absolute atomic E-state index is 3.80. The van der Waals surface area contributed by atoms with E-state index in [4.69, 9.17) is 0 Å². The lowest BCUT2D eigenvalue weighted by molar-refractivity contribution is 0.560. The third-order valence-electron chi connectivity index (χ3n) is 3.07. The molecule has 98 valence electrons. The molecule has 0 atom stereocenters. The van der Waals surface area contributed by atoms with Crippen molar-refractivity contribution in [2.45, 2.75) is 26.3 Å².